The van der Waals surface area contributed by atoms with Crippen molar-refractivity contribution in [2.45, 2.75) is 25.9 Å². The molecule has 0 spiro atoms. The Morgan fingerprint density at radius 2 is 1.67 bits per heavy atom. The fourth-order valence-corrected chi connectivity index (χ4v) is 4.11. The van der Waals surface area contributed by atoms with E-state index in [1.807, 2.05) is 6.92 Å². The Hall–Kier alpha value is -4.60. The summed E-state index contributed by atoms with van der Waals surface area (Å²) in [6.45, 7) is 6.14. The van der Waals surface area contributed by atoms with Crippen molar-refractivity contribution in [1.82, 2.24) is 15.1 Å². The summed E-state index contributed by atoms with van der Waals surface area (Å²) in [5.74, 6) is -2.17. The minimum absolute atomic E-state index is 0.0867. The Bertz CT molecular complexity index is 1530. The molecule has 10 nitrogen and oxygen atoms in total. The van der Waals surface area contributed by atoms with Gasteiger partial charge in [0.05, 0.1) is 38.9 Å². The van der Waals surface area contributed by atoms with E-state index in [9.17, 15) is 26.3 Å². The summed E-state index contributed by atoms with van der Waals surface area (Å²) in [5, 5.41) is 12.7. The molecule has 0 unspecified atom stereocenters. The number of oxazole rings is 1. The number of aliphatic carboxylic acids is 1. The molecule has 0 radical (unpaired) electrons. The molecule has 0 amide bonds. The molecule has 1 N–H and O–H groups in total. The fourth-order valence-electron chi connectivity index (χ4n) is 4.11. The molecule has 0 aliphatic carbocycles. The van der Waals surface area contributed by atoms with Crippen molar-refractivity contribution in [2.75, 3.05) is 38.1 Å². The number of carboxylic acid groups (broad SMARTS) is 1. The van der Waals surface area contributed by atoms with Crippen LogP contribution in [0, 0.1) is 6.92 Å². The number of ether oxygens (including phenoxy) is 1. The van der Waals surface area contributed by atoms with Crippen LogP contribution in [0.3, 0.4) is 0 Å². The number of likely N-dealkylation sites (N-methyl/N-ethyl adjacent to an activating group) is 1. The Labute approximate surface area is 240 Å². The third-order valence-electron chi connectivity index (χ3n) is 6.34. The molecule has 0 bridgehead atoms. The number of hydrogen-bond donors (Lipinski definition) is 1. The van der Waals surface area contributed by atoms with Gasteiger partial charge in [-0.3, -0.25) is 0 Å². The molecule has 2 aromatic heterocycles. The maximum atomic E-state index is 12.4. The first-order chi connectivity index (χ1) is 20.2. The molecule has 3 heterocycles. The summed E-state index contributed by atoms with van der Waals surface area (Å²) in [6, 6.07) is 13.6. The van der Waals surface area contributed by atoms with Gasteiger partial charge < -0.3 is 33.4 Å². The van der Waals surface area contributed by atoms with Crippen LogP contribution in [0.2, 0.25) is 0 Å². The number of rotatable bonds is 6. The molecule has 0 saturated carbocycles. The Morgan fingerprint density at radius 3 is 2.28 bits per heavy atom. The number of halogens is 6. The van der Waals surface area contributed by atoms with E-state index in [2.05, 4.69) is 56.1 Å². The van der Waals surface area contributed by atoms with Crippen LogP contribution in [0.1, 0.15) is 17.0 Å². The van der Waals surface area contributed by atoms with Gasteiger partial charge in [0.15, 0.2) is 0 Å². The third kappa shape index (κ3) is 8.70. The summed E-state index contributed by atoms with van der Waals surface area (Å²) >= 11 is 0. The number of nitrogens with zero attached hydrogens (tertiary/aromatic N) is 4. The van der Waals surface area contributed by atoms with Crippen LogP contribution < -0.4 is 19.6 Å². The van der Waals surface area contributed by atoms with Gasteiger partial charge in [-0.1, -0.05) is 17.3 Å². The van der Waals surface area contributed by atoms with E-state index in [1.165, 1.54) is 30.0 Å². The molecular weight excluding hydrogens is 588 g/mol. The number of alkyl halides is 6. The molecule has 1 aliphatic rings. The van der Waals surface area contributed by atoms with Gasteiger partial charge in [-0.2, -0.15) is 18.2 Å². The monoisotopic (exact) mass is 613 g/mol. The number of carboxylic acids is 1. The standard InChI is InChI=1S/C25H24F3N5O3.C2HF3O2/c1-16-21(15-17-4-3-5-19(14-17)33-12-10-32(2)11-13-33)34-23(29-16)24-30-22(31-36-24)18-6-8-20(9-7-18)35-25(26,27)28;3-2(4,5)1(6)7/h3-9,14H,10-13,15H2,1-2H3;(H,6,7). The SMILES string of the molecule is Cc1nc(-c2nc(-c3ccc(OC(F)(F)F)cc3)no2)oc1Cc1cccc(N2CC[NH+](C)CC2)c1.O=C([O-])C(F)(F)F. The minimum Gasteiger partial charge on any atom is -0.542 e. The molecule has 43 heavy (non-hydrogen) atoms. The van der Waals surface area contributed by atoms with Gasteiger partial charge in [0, 0.05) is 17.7 Å². The van der Waals surface area contributed by atoms with Crippen LogP contribution in [0.15, 0.2) is 57.5 Å². The van der Waals surface area contributed by atoms with E-state index in [0.717, 1.165) is 31.7 Å². The van der Waals surface area contributed by atoms with Crippen LogP contribution in [-0.2, 0) is 11.2 Å². The molecular formula is C27H25F6N5O5. The zero-order valence-electron chi connectivity index (χ0n) is 22.8. The zero-order valence-corrected chi connectivity index (χ0v) is 22.8. The van der Waals surface area contributed by atoms with Gasteiger partial charge >= 0.3 is 18.4 Å². The Morgan fingerprint density at radius 1 is 1.02 bits per heavy atom. The number of aryl methyl sites for hydroxylation is 1. The molecule has 1 aliphatic heterocycles. The topological polar surface area (TPSA) is 122 Å². The van der Waals surface area contributed by atoms with E-state index < -0.39 is 18.5 Å². The quantitative estimate of drug-likeness (QED) is 0.327. The van der Waals surface area contributed by atoms with Gasteiger partial charge in [0.2, 0.25) is 5.82 Å². The largest absolute Gasteiger partial charge is 0.573 e. The number of carbonyl (C=O) groups is 1. The number of piperazine rings is 1. The summed E-state index contributed by atoms with van der Waals surface area (Å²) in [6.07, 6.45) is -9.39. The highest BCUT2D eigenvalue weighted by molar-refractivity contribution is 5.70. The maximum Gasteiger partial charge on any atom is 0.573 e. The normalized spacial score (nSPS) is 14.3. The van der Waals surface area contributed by atoms with Crippen molar-refractivity contribution in [3.63, 3.8) is 0 Å². The van der Waals surface area contributed by atoms with Crippen LogP contribution in [0.5, 0.6) is 5.75 Å². The average Bonchev–Trinajstić information content (AvgIpc) is 3.56. The molecule has 230 valence electrons. The van der Waals surface area contributed by atoms with E-state index in [-0.39, 0.29) is 23.4 Å². The lowest BCUT2D eigenvalue weighted by molar-refractivity contribution is -0.880. The number of nitrogens with one attached hydrogen (secondary N) is 1. The first-order valence-electron chi connectivity index (χ1n) is 12.8. The van der Waals surface area contributed by atoms with Gasteiger partial charge in [-0.05, 0) is 48.9 Å². The Balaban J connectivity index is 0.000000541. The highest BCUT2D eigenvalue weighted by Gasteiger charge is 2.31. The van der Waals surface area contributed by atoms with Crippen molar-refractivity contribution in [3.05, 3.63) is 65.5 Å². The third-order valence-corrected chi connectivity index (χ3v) is 6.34. The number of quaternary nitrogens is 1. The van der Waals surface area contributed by atoms with Gasteiger partial charge in [-0.15, -0.1) is 13.2 Å². The van der Waals surface area contributed by atoms with Crippen LogP contribution >= 0.6 is 0 Å². The van der Waals surface area contributed by atoms with E-state index >= 15 is 0 Å². The summed E-state index contributed by atoms with van der Waals surface area (Å²) < 4.78 is 83.8. The first-order valence-corrected chi connectivity index (χ1v) is 12.8. The molecule has 16 heteroatoms. The molecule has 0 atom stereocenters. The van der Waals surface area contributed by atoms with E-state index in [0.29, 0.717) is 23.4 Å². The summed E-state index contributed by atoms with van der Waals surface area (Å²) in [5.41, 5.74) is 3.49. The molecule has 2 aromatic carbocycles. The highest BCUT2D eigenvalue weighted by Crippen LogP contribution is 2.28. The average molecular weight is 614 g/mol. The zero-order chi connectivity index (χ0) is 31.4. The number of hydrogen-bond acceptors (Lipinski definition) is 9. The lowest BCUT2D eigenvalue weighted by Crippen LogP contribution is -3.12. The number of carbonyl (C=O) groups excluding carboxylic acids is 1. The van der Waals surface area contributed by atoms with Gasteiger partial charge in [-0.25, -0.2) is 4.98 Å². The van der Waals surface area contributed by atoms with Crippen molar-refractivity contribution >= 4 is 11.7 Å². The smallest absolute Gasteiger partial charge is 0.542 e. The Kier molecular flexibility index (Phi) is 9.27. The second-order valence-corrected chi connectivity index (χ2v) is 9.60. The second kappa shape index (κ2) is 12.7. The van der Waals surface area contributed by atoms with Crippen molar-refractivity contribution in [2.24, 2.45) is 0 Å². The number of benzene rings is 2. The lowest BCUT2D eigenvalue weighted by Gasteiger charge is -2.32. The second-order valence-electron chi connectivity index (χ2n) is 9.60. The minimum atomic E-state index is -5.19. The fraction of sp³-hybridized carbons (Fsp3) is 0.333. The maximum absolute atomic E-state index is 12.4. The lowest BCUT2D eigenvalue weighted by atomic mass is 10.1. The van der Waals surface area contributed by atoms with Crippen molar-refractivity contribution in [3.8, 4) is 28.9 Å². The van der Waals surface area contributed by atoms with Crippen molar-refractivity contribution < 1.29 is 54.8 Å². The predicted molar refractivity (Wildman–Crippen MR) is 136 cm³/mol. The molecule has 1 fully saturated rings. The molecule has 5 rings (SSSR count). The number of anilines is 1. The van der Waals surface area contributed by atoms with E-state index in [4.69, 9.17) is 18.8 Å². The highest BCUT2D eigenvalue weighted by atomic mass is 19.4. The first kappa shape index (κ1) is 31.3. The van der Waals surface area contributed by atoms with Crippen LogP contribution in [0.25, 0.3) is 23.2 Å². The van der Waals surface area contributed by atoms with E-state index in [1.54, 1.807) is 4.90 Å². The summed E-state index contributed by atoms with van der Waals surface area (Å²) in [7, 11) is 2.22. The van der Waals surface area contributed by atoms with Crippen molar-refractivity contribution in [1.29, 1.82) is 0 Å². The van der Waals surface area contributed by atoms with Gasteiger partial charge in [0.1, 0.15) is 17.5 Å². The molecule has 1 saturated heterocycles. The summed E-state index contributed by atoms with van der Waals surface area (Å²) in [4.78, 5) is 21.5. The van der Waals surface area contributed by atoms with Gasteiger partial charge in [0.25, 0.3) is 5.89 Å². The van der Waals surface area contributed by atoms with Crippen LogP contribution in [-0.4, -0.2) is 66.9 Å². The predicted octanol–water partition coefficient (Wildman–Crippen LogP) is 2.82. The van der Waals surface area contributed by atoms with Crippen LogP contribution in [0.4, 0.5) is 32.0 Å². The molecule has 4 aromatic rings. The number of aromatic nitrogens is 3.